The Hall–Kier alpha value is -4.01. The largest absolute Gasteiger partial charge is 0.294 e. The second-order valence-electron chi connectivity index (χ2n) is 6.68. The number of rotatable bonds is 6. The van der Waals surface area contributed by atoms with E-state index in [0.29, 0.717) is 12.2 Å². The number of nitro benzene ring substituents is 1. The Kier molecular flexibility index (Phi) is 5.91. The maximum absolute atomic E-state index is 12.8. The highest BCUT2D eigenvalue weighted by molar-refractivity contribution is 5.93. The third-order valence-corrected chi connectivity index (χ3v) is 4.53. The third-order valence-electron chi connectivity index (χ3n) is 4.53. The van der Waals surface area contributed by atoms with Crippen LogP contribution in [-0.4, -0.2) is 27.2 Å². The van der Waals surface area contributed by atoms with Crippen molar-refractivity contribution in [3.8, 4) is 5.69 Å². The fourth-order valence-corrected chi connectivity index (χ4v) is 2.97. The lowest BCUT2D eigenvalue weighted by atomic mass is 10.2. The number of benzene rings is 2. The molecule has 9 heteroatoms. The molecule has 1 amide bonds. The number of nitro groups is 1. The van der Waals surface area contributed by atoms with Gasteiger partial charge in [-0.15, -0.1) is 0 Å². The van der Waals surface area contributed by atoms with Crippen molar-refractivity contribution in [1.29, 1.82) is 0 Å². The quantitative estimate of drug-likeness (QED) is 0.497. The third kappa shape index (κ3) is 4.19. The molecule has 0 unspecified atom stereocenters. The molecular weight excluding hydrogens is 386 g/mol. The fraction of sp³-hybridized carbons (Fsp3) is 0.190. The zero-order valence-electron chi connectivity index (χ0n) is 16.8. The Bertz CT molecular complexity index is 1150. The molecule has 0 aliphatic heterocycles. The average molecular weight is 407 g/mol. The molecule has 0 aliphatic rings. The van der Waals surface area contributed by atoms with Crippen LogP contribution in [0.25, 0.3) is 5.69 Å². The maximum atomic E-state index is 12.8. The molecule has 0 bridgehead atoms. The molecule has 0 aliphatic carbocycles. The molecular formula is C21H21N5O4. The van der Waals surface area contributed by atoms with E-state index in [-0.39, 0.29) is 17.1 Å². The van der Waals surface area contributed by atoms with E-state index in [9.17, 15) is 19.7 Å². The van der Waals surface area contributed by atoms with Crippen LogP contribution in [0.15, 0.2) is 59.4 Å². The molecule has 0 atom stereocenters. The zero-order valence-corrected chi connectivity index (χ0v) is 16.8. The predicted molar refractivity (Wildman–Crippen MR) is 113 cm³/mol. The van der Waals surface area contributed by atoms with E-state index in [0.717, 1.165) is 11.3 Å². The molecule has 0 fully saturated rings. The van der Waals surface area contributed by atoms with Crippen molar-refractivity contribution in [3.63, 3.8) is 0 Å². The molecule has 0 saturated heterocycles. The monoisotopic (exact) mass is 407 g/mol. The molecule has 3 aromatic rings. The Balaban J connectivity index is 1.99. The van der Waals surface area contributed by atoms with E-state index >= 15 is 0 Å². The van der Waals surface area contributed by atoms with Gasteiger partial charge in [0.2, 0.25) is 5.43 Å². The number of nitrogens with one attached hydrogen (secondary N) is 1. The summed E-state index contributed by atoms with van der Waals surface area (Å²) in [6.07, 6.45) is 0. The van der Waals surface area contributed by atoms with Crippen molar-refractivity contribution in [1.82, 2.24) is 15.2 Å². The molecule has 30 heavy (non-hydrogen) atoms. The highest BCUT2D eigenvalue weighted by Gasteiger charge is 2.21. The number of hydrazine groups is 1. The minimum Gasteiger partial charge on any atom is -0.287 e. The van der Waals surface area contributed by atoms with E-state index in [4.69, 9.17) is 0 Å². The topological polar surface area (TPSA) is 110 Å². The molecule has 1 heterocycles. The lowest BCUT2D eigenvalue weighted by molar-refractivity contribution is -0.384. The van der Waals surface area contributed by atoms with Gasteiger partial charge in [0, 0.05) is 24.4 Å². The summed E-state index contributed by atoms with van der Waals surface area (Å²) in [6, 6.07) is 14.8. The van der Waals surface area contributed by atoms with E-state index in [2.05, 4.69) is 10.5 Å². The number of hydrogen-bond acceptors (Lipinski definition) is 6. The van der Waals surface area contributed by atoms with Crippen LogP contribution in [-0.2, 0) is 0 Å². The summed E-state index contributed by atoms with van der Waals surface area (Å²) in [4.78, 5) is 36.1. The SMILES string of the molecule is CCN(NC(=O)c1nn(-c2ccccc2[N+](=O)[O-])c(C)cc1=O)c1ccc(C)cc1. The van der Waals surface area contributed by atoms with Crippen molar-refractivity contribution >= 4 is 17.3 Å². The number of anilines is 1. The number of hydrogen-bond donors (Lipinski definition) is 1. The van der Waals surface area contributed by atoms with Crippen molar-refractivity contribution < 1.29 is 9.72 Å². The van der Waals surface area contributed by atoms with Gasteiger partial charge in [-0.1, -0.05) is 29.8 Å². The van der Waals surface area contributed by atoms with Gasteiger partial charge >= 0.3 is 0 Å². The Morgan fingerprint density at radius 1 is 1.17 bits per heavy atom. The van der Waals surface area contributed by atoms with Gasteiger partial charge in [0.15, 0.2) is 5.69 Å². The van der Waals surface area contributed by atoms with Gasteiger partial charge in [-0.3, -0.25) is 30.1 Å². The minimum atomic E-state index is -0.699. The highest BCUT2D eigenvalue weighted by Crippen LogP contribution is 2.22. The van der Waals surface area contributed by atoms with Crippen molar-refractivity contribution in [2.45, 2.75) is 20.8 Å². The second kappa shape index (κ2) is 8.56. The normalized spacial score (nSPS) is 10.5. The van der Waals surface area contributed by atoms with E-state index < -0.39 is 16.3 Å². The summed E-state index contributed by atoms with van der Waals surface area (Å²) < 4.78 is 1.23. The standard InChI is InChI=1S/C21H21N5O4/c1-4-24(16-11-9-14(2)10-12-16)23-21(28)20-19(27)13-15(3)25(22-20)17-7-5-6-8-18(17)26(29)30/h5-13H,4H2,1-3H3,(H,23,28). The van der Waals surface area contributed by atoms with Crippen LogP contribution < -0.4 is 15.9 Å². The van der Waals surface area contributed by atoms with Gasteiger partial charge in [0.25, 0.3) is 11.6 Å². The van der Waals surface area contributed by atoms with E-state index in [1.165, 1.54) is 28.9 Å². The van der Waals surface area contributed by atoms with E-state index in [1.807, 2.05) is 38.1 Å². The molecule has 2 aromatic carbocycles. The first kappa shape index (κ1) is 20.7. The first-order chi connectivity index (χ1) is 14.3. The predicted octanol–water partition coefficient (Wildman–Crippen LogP) is 2.93. The first-order valence-corrected chi connectivity index (χ1v) is 9.31. The molecule has 0 spiro atoms. The van der Waals surface area contributed by atoms with Crippen LogP contribution in [0.1, 0.15) is 28.7 Å². The van der Waals surface area contributed by atoms with Crippen LogP contribution in [0.3, 0.4) is 0 Å². The first-order valence-electron chi connectivity index (χ1n) is 9.31. The average Bonchev–Trinajstić information content (AvgIpc) is 2.72. The van der Waals surface area contributed by atoms with Crippen LogP contribution in [0.4, 0.5) is 11.4 Å². The molecule has 0 radical (unpaired) electrons. The number of aromatic nitrogens is 2. The van der Waals surface area contributed by atoms with Crippen molar-refractivity contribution in [2.24, 2.45) is 0 Å². The summed E-state index contributed by atoms with van der Waals surface area (Å²) in [5.74, 6) is -0.699. The Labute approximate surface area is 172 Å². The number of amides is 1. The van der Waals surface area contributed by atoms with Gasteiger partial charge in [-0.2, -0.15) is 5.10 Å². The van der Waals surface area contributed by atoms with Gasteiger partial charge < -0.3 is 0 Å². The lowest BCUT2D eigenvalue weighted by Gasteiger charge is -2.23. The summed E-state index contributed by atoms with van der Waals surface area (Å²) in [6.45, 7) is 5.87. The van der Waals surface area contributed by atoms with Gasteiger partial charge in [-0.25, -0.2) is 4.68 Å². The molecule has 1 N–H and O–H groups in total. The van der Waals surface area contributed by atoms with Crippen molar-refractivity contribution in [2.75, 3.05) is 11.6 Å². The van der Waals surface area contributed by atoms with Crippen LogP contribution in [0.5, 0.6) is 0 Å². The molecule has 154 valence electrons. The Morgan fingerprint density at radius 3 is 2.47 bits per heavy atom. The van der Waals surface area contributed by atoms with Crippen LogP contribution >= 0.6 is 0 Å². The molecule has 1 aromatic heterocycles. The summed E-state index contributed by atoms with van der Waals surface area (Å²) in [5.41, 5.74) is 3.94. The minimum absolute atomic E-state index is 0.167. The van der Waals surface area contributed by atoms with Gasteiger partial charge in [-0.05, 0) is 39.0 Å². The lowest BCUT2D eigenvalue weighted by Crippen LogP contribution is -2.44. The van der Waals surface area contributed by atoms with E-state index in [1.54, 1.807) is 18.0 Å². The maximum Gasteiger partial charge on any atom is 0.294 e. The number of carbonyl (C=O) groups excluding carboxylic acids is 1. The summed E-state index contributed by atoms with van der Waals surface area (Å²) in [7, 11) is 0. The van der Waals surface area contributed by atoms with Crippen LogP contribution in [0, 0.1) is 24.0 Å². The summed E-state index contributed by atoms with van der Waals surface area (Å²) in [5, 5.41) is 17.1. The number of carbonyl (C=O) groups is 1. The van der Waals surface area contributed by atoms with Gasteiger partial charge in [0.1, 0.15) is 5.69 Å². The zero-order chi connectivity index (χ0) is 21.8. The molecule has 9 nitrogen and oxygen atoms in total. The number of nitrogens with zero attached hydrogens (tertiary/aromatic N) is 4. The van der Waals surface area contributed by atoms with Crippen molar-refractivity contribution in [3.05, 3.63) is 91.9 Å². The van der Waals surface area contributed by atoms with Gasteiger partial charge in [0.05, 0.1) is 10.6 Å². The number of para-hydroxylation sites is 2. The Morgan fingerprint density at radius 2 is 1.83 bits per heavy atom. The fourth-order valence-electron chi connectivity index (χ4n) is 2.97. The van der Waals surface area contributed by atoms with Crippen LogP contribution in [0.2, 0.25) is 0 Å². The number of aryl methyl sites for hydroxylation is 2. The summed E-state index contributed by atoms with van der Waals surface area (Å²) >= 11 is 0. The highest BCUT2D eigenvalue weighted by atomic mass is 16.6. The molecule has 3 rings (SSSR count). The molecule has 0 saturated carbocycles. The smallest absolute Gasteiger partial charge is 0.287 e. The second-order valence-corrected chi connectivity index (χ2v) is 6.68.